The molecule has 0 radical (unpaired) electrons. The third kappa shape index (κ3) is 49.1. The first-order chi connectivity index (χ1) is 32.0. The Morgan fingerprint density at radius 1 is 0.545 bits per heavy atom. The number of quaternary nitrogens is 1. The molecule has 3 atom stereocenters. The van der Waals surface area contributed by atoms with Crippen molar-refractivity contribution in [3.05, 3.63) is 109 Å². The summed E-state index contributed by atoms with van der Waals surface area (Å²) in [5, 5.41) is 13.8. The van der Waals surface area contributed by atoms with Crippen molar-refractivity contribution in [3.63, 3.8) is 0 Å². The summed E-state index contributed by atoms with van der Waals surface area (Å²) in [4.78, 5) is 25.4. The zero-order valence-electron chi connectivity index (χ0n) is 42.9. The van der Waals surface area contributed by atoms with Gasteiger partial charge in [0.2, 0.25) is 5.91 Å². The van der Waals surface area contributed by atoms with Gasteiger partial charge in [0.25, 0.3) is 7.82 Å². The fraction of sp³-hybridized carbons (Fsp3) is 0.667. The molecule has 0 fully saturated rings. The number of aliphatic hydroxyl groups is 1. The Morgan fingerprint density at radius 3 is 1.41 bits per heavy atom. The number of nitrogens with one attached hydrogen (secondary N) is 1. The summed E-state index contributed by atoms with van der Waals surface area (Å²) < 4.78 is 23.3. The van der Waals surface area contributed by atoms with Gasteiger partial charge in [0.1, 0.15) is 13.2 Å². The second-order valence-electron chi connectivity index (χ2n) is 18.5. The van der Waals surface area contributed by atoms with Gasteiger partial charge in [-0.3, -0.25) is 9.36 Å². The van der Waals surface area contributed by atoms with Crippen molar-refractivity contribution < 1.29 is 32.9 Å². The fourth-order valence-electron chi connectivity index (χ4n) is 6.83. The van der Waals surface area contributed by atoms with Crippen LogP contribution in [0.15, 0.2) is 109 Å². The van der Waals surface area contributed by atoms with Gasteiger partial charge >= 0.3 is 0 Å². The van der Waals surface area contributed by atoms with Crippen molar-refractivity contribution in [3.8, 4) is 0 Å². The van der Waals surface area contributed by atoms with Gasteiger partial charge in [-0.05, 0) is 96.3 Å². The molecule has 0 aliphatic carbocycles. The van der Waals surface area contributed by atoms with Crippen molar-refractivity contribution in [2.45, 2.75) is 206 Å². The number of amides is 1. The minimum Gasteiger partial charge on any atom is -0.756 e. The molecule has 0 aromatic heterocycles. The highest BCUT2D eigenvalue weighted by Gasteiger charge is 2.23. The molecular formula is C57H99N2O6P. The minimum absolute atomic E-state index is 0.0207. The van der Waals surface area contributed by atoms with Crippen LogP contribution in [0.1, 0.15) is 194 Å². The Bertz CT molecular complexity index is 1440. The molecule has 0 bridgehead atoms. The monoisotopic (exact) mass is 939 g/mol. The number of likely N-dealkylation sites (N-methyl/N-ethyl adjacent to an activating group) is 1. The van der Waals surface area contributed by atoms with E-state index in [9.17, 15) is 19.4 Å². The summed E-state index contributed by atoms with van der Waals surface area (Å²) in [7, 11) is 1.20. The maximum absolute atomic E-state index is 12.9. The van der Waals surface area contributed by atoms with E-state index in [0.29, 0.717) is 23.9 Å². The topological polar surface area (TPSA) is 108 Å². The van der Waals surface area contributed by atoms with E-state index in [1.54, 1.807) is 6.08 Å². The molecule has 0 heterocycles. The third-order valence-electron chi connectivity index (χ3n) is 10.9. The lowest BCUT2D eigenvalue weighted by atomic mass is 10.1. The lowest BCUT2D eigenvalue weighted by Crippen LogP contribution is -2.45. The zero-order chi connectivity index (χ0) is 48.5. The molecule has 9 heteroatoms. The van der Waals surface area contributed by atoms with Gasteiger partial charge in [-0.1, -0.05) is 200 Å². The Morgan fingerprint density at radius 2 is 0.939 bits per heavy atom. The normalized spacial score (nSPS) is 15.0. The fourth-order valence-corrected chi connectivity index (χ4v) is 7.56. The van der Waals surface area contributed by atoms with Crippen molar-refractivity contribution in [1.82, 2.24) is 5.32 Å². The number of phosphoric acid groups is 1. The van der Waals surface area contributed by atoms with Crippen LogP contribution >= 0.6 is 7.82 Å². The maximum atomic E-state index is 12.9. The van der Waals surface area contributed by atoms with Crippen molar-refractivity contribution in [2.24, 2.45) is 0 Å². The third-order valence-corrected chi connectivity index (χ3v) is 11.9. The molecule has 2 N–H and O–H groups in total. The predicted molar refractivity (Wildman–Crippen MR) is 283 cm³/mol. The molecule has 0 spiro atoms. The number of hydrogen-bond acceptors (Lipinski definition) is 6. The Labute approximate surface area is 406 Å². The Balaban J connectivity index is 4.47. The smallest absolute Gasteiger partial charge is 0.268 e. The second kappa shape index (κ2) is 47.2. The number of aliphatic hydroxyl groups excluding tert-OH is 1. The van der Waals surface area contributed by atoms with E-state index in [-0.39, 0.29) is 12.5 Å². The molecule has 0 aliphatic rings. The summed E-state index contributed by atoms with van der Waals surface area (Å²) in [6.07, 6.45) is 68.7. The standard InChI is InChI=1S/C57H99N2O6P/c1-6-8-10-12-14-16-18-20-22-24-26-28-29-31-33-35-37-39-41-43-45-47-49-51-57(61)58-55(54-65-66(62,63)64-53-52-59(3,4)5)56(60)50-48-46-44-42-40-38-36-34-32-30-27-25-23-21-19-17-15-13-11-9-7-2/h8,10,14,16,20,22,26,28,31-34,37,39-40,42,48,50,55-56,60H,6-7,9,11-13,15,17-19,21,23-25,27,29-30,35-36,38,41,43-47,49,51-54H2,1-5H3,(H-,58,61,62,63)/b10-8-,16-14-,22-20-,28-26-,33-31-,34-32+,39-37-,42-40+,50-48+. The number of carbonyl (C=O) groups is 1. The van der Waals surface area contributed by atoms with E-state index < -0.39 is 26.6 Å². The van der Waals surface area contributed by atoms with Gasteiger partial charge < -0.3 is 28.8 Å². The van der Waals surface area contributed by atoms with Gasteiger partial charge in [0, 0.05) is 6.42 Å². The first kappa shape index (κ1) is 63.2. The second-order valence-corrected chi connectivity index (χ2v) is 19.9. The Hall–Kier alpha value is -2.84. The number of hydrogen-bond donors (Lipinski definition) is 2. The lowest BCUT2D eigenvalue weighted by molar-refractivity contribution is -0.870. The quantitative estimate of drug-likeness (QED) is 0.0272. The van der Waals surface area contributed by atoms with Crippen LogP contribution in [0.3, 0.4) is 0 Å². The van der Waals surface area contributed by atoms with Gasteiger partial charge in [0.05, 0.1) is 39.9 Å². The van der Waals surface area contributed by atoms with E-state index >= 15 is 0 Å². The molecule has 0 rings (SSSR count). The molecular weight excluding hydrogens is 840 g/mol. The maximum Gasteiger partial charge on any atom is 0.268 e. The van der Waals surface area contributed by atoms with Crippen molar-refractivity contribution >= 4 is 13.7 Å². The average Bonchev–Trinajstić information content (AvgIpc) is 3.28. The molecule has 0 aliphatic heterocycles. The number of rotatable bonds is 46. The van der Waals surface area contributed by atoms with E-state index in [1.807, 2.05) is 27.2 Å². The van der Waals surface area contributed by atoms with Gasteiger partial charge in [-0.2, -0.15) is 0 Å². The van der Waals surface area contributed by atoms with Crippen molar-refractivity contribution in [1.29, 1.82) is 0 Å². The summed E-state index contributed by atoms with van der Waals surface area (Å²) in [6, 6.07) is -0.932. The summed E-state index contributed by atoms with van der Waals surface area (Å²) in [6.45, 7) is 4.47. The van der Waals surface area contributed by atoms with Crippen LogP contribution in [-0.4, -0.2) is 68.5 Å². The largest absolute Gasteiger partial charge is 0.756 e. The molecule has 0 aromatic carbocycles. The van der Waals surface area contributed by atoms with Crippen LogP contribution < -0.4 is 10.2 Å². The highest BCUT2D eigenvalue weighted by molar-refractivity contribution is 7.45. The van der Waals surface area contributed by atoms with E-state index in [1.165, 1.54) is 77.0 Å². The number of unbranched alkanes of at least 4 members (excludes halogenated alkanes) is 17. The number of nitrogens with zero attached hydrogens (tertiary/aromatic N) is 1. The molecule has 0 aromatic rings. The van der Waals surface area contributed by atoms with E-state index in [0.717, 1.165) is 89.9 Å². The number of carbonyl (C=O) groups excluding carboxylic acids is 1. The summed E-state index contributed by atoms with van der Waals surface area (Å²) in [5.41, 5.74) is 0. The van der Waals surface area contributed by atoms with Crippen LogP contribution in [0.2, 0.25) is 0 Å². The van der Waals surface area contributed by atoms with Crippen LogP contribution in [0.25, 0.3) is 0 Å². The molecule has 66 heavy (non-hydrogen) atoms. The van der Waals surface area contributed by atoms with Gasteiger partial charge in [-0.25, -0.2) is 0 Å². The van der Waals surface area contributed by atoms with E-state index in [4.69, 9.17) is 9.05 Å². The zero-order valence-corrected chi connectivity index (χ0v) is 43.7. The highest BCUT2D eigenvalue weighted by atomic mass is 31.2. The lowest BCUT2D eigenvalue weighted by Gasteiger charge is -2.29. The predicted octanol–water partition coefficient (Wildman–Crippen LogP) is 15.0. The van der Waals surface area contributed by atoms with Crippen molar-refractivity contribution in [2.75, 3.05) is 40.9 Å². The van der Waals surface area contributed by atoms with E-state index in [2.05, 4.69) is 116 Å². The van der Waals surface area contributed by atoms with Crippen LogP contribution in [0.4, 0.5) is 0 Å². The SMILES string of the molecule is CC/C=C\C/C=C\C/C=C\C/C=C\C/C=C\C/C=C\CCCCCCC(=O)NC(COP(=O)([O-])OCC[N+](C)(C)C)C(O)/C=C/CC/C=C/CC/C=C/CCCCCCCCCCCCC. The van der Waals surface area contributed by atoms with Crippen LogP contribution in [0.5, 0.6) is 0 Å². The average molecular weight is 939 g/mol. The molecule has 378 valence electrons. The highest BCUT2D eigenvalue weighted by Crippen LogP contribution is 2.38. The molecule has 8 nitrogen and oxygen atoms in total. The first-order valence-electron chi connectivity index (χ1n) is 26.2. The molecule has 3 unspecified atom stereocenters. The minimum atomic E-state index is -4.62. The molecule has 0 saturated carbocycles. The van der Waals surface area contributed by atoms with Gasteiger partial charge in [-0.15, -0.1) is 0 Å². The molecule has 0 saturated heterocycles. The first-order valence-corrected chi connectivity index (χ1v) is 27.7. The number of phosphoric ester groups is 1. The number of allylic oxidation sites excluding steroid dienone is 17. The van der Waals surface area contributed by atoms with Crippen LogP contribution in [-0.2, 0) is 18.4 Å². The van der Waals surface area contributed by atoms with Gasteiger partial charge in [0.15, 0.2) is 0 Å². The Kier molecular flexibility index (Phi) is 45.2. The molecule has 1 amide bonds. The van der Waals surface area contributed by atoms with Crippen LogP contribution in [0, 0.1) is 0 Å². The summed E-state index contributed by atoms with van der Waals surface area (Å²) >= 11 is 0. The summed E-state index contributed by atoms with van der Waals surface area (Å²) in [5.74, 6) is -0.240.